The second-order valence-electron chi connectivity index (χ2n) is 4.39. The minimum atomic E-state index is -3.75. The molecule has 1 N–H and O–H groups in total. The number of methoxy groups -OCH3 is 1. The molecule has 0 saturated heterocycles. The Morgan fingerprint density at radius 1 is 1.43 bits per heavy atom. The maximum atomic E-state index is 12.3. The van der Waals surface area contributed by atoms with E-state index in [0.29, 0.717) is 17.0 Å². The summed E-state index contributed by atoms with van der Waals surface area (Å²) in [6.07, 6.45) is 3.10. The van der Waals surface area contributed by atoms with Gasteiger partial charge in [-0.3, -0.25) is 9.67 Å². The molecule has 7 nitrogen and oxygen atoms in total. The first-order chi connectivity index (χ1) is 9.85. The first-order valence-corrected chi connectivity index (χ1v) is 7.88. The molecular weight excluding hydrogens is 316 g/mol. The van der Waals surface area contributed by atoms with Crippen LogP contribution in [0.4, 0.5) is 0 Å². The van der Waals surface area contributed by atoms with E-state index in [1.54, 1.807) is 32.4 Å². The molecule has 0 radical (unpaired) electrons. The predicted molar refractivity (Wildman–Crippen MR) is 77.8 cm³/mol. The van der Waals surface area contributed by atoms with E-state index in [4.69, 9.17) is 16.3 Å². The number of rotatable bonds is 5. The van der Waals surface area contributed by atoms with Crippen molar-refractivity contribution in [2.75, 3.05) is 7.11 Å². The molecule has 0 saturated carbocycles. The number of hydrogen-bond donors (Lipinski definition) is 1. The van der Waals surface area contributed by atoms with E-state index in [9.17, 15) is 8.42 Å². The van der Waals surface area contributed by atoms with Crippen molar-refractivity contribution in [1.29, 1.82) is 0 Å². The van der Waals surface area contributed by atoms with Crippen molar-refractivity contribution in [2.24, 2.45) is 7.05 Å². The highest BCUT2D eigenvalue weighted by Gasteiger charge is 2.24. The number of ether oxygens (including phenoxy) is 1. The van der Waals surface area contributed by atoms with Crippen LogP contribution in [-0.2, 0) is 23.6 Å². The van der Waals surface area contributed by atoms with Crippen LogP contribution in [0.15, 0.2) is 23.4 Å². The van der Waals surface area contributed by atoms with Crippen LogP contribution in [-0.4, -0.2) is 30.3 Å². The molecule has 2 aromatic heterocycles. The summed E-state index contributed by atoms with van der Waals surface area (Å²) in [7, 11) is -0.651. The average molecular weight is 331 g/mol. The van der Waals surface area contributed by atoms with Gasteiger partial charge in [-0.2, -0.15) is 5.10 Å². The van der Waals surface area contributed by atoms with Crippen molar-refractivity contribution in [3.05, 3.63) is 34.9 Å². The summed E-state index contributed by atoms with van der Waals surface area (Å²) in [5, 5.41) is 4.07. The number of nitrogens with one attached hydrogen (secondary N) is 1. The van der Waals surface area contributed by atoms with Gasteiger partial charge in [-0.05, 0) is 18.6 Å². The molecule has 0 aromatic carbocycles. The van der Waals surface area contributed by atoms with E-state index in [2.05, 4.69) is 14.8 Å². The summed E-state index contributed by atoms with van der Waals surface area (Å²) in [5.74, 6) is 0.558. The number of nitrogens with zero attached hydrogens (tertiary/aromatic N) is 3. The van der Waals surface area contributed by atoms with Gasteiger partial charge in [0.2, 0.25) is 10.0 Å². The monoisotopic (exact) mass is 330 g/mol. The number of pyridine rings is 1. The van der Waals surface area contributed by atoms with Crippen LogP contribution >= 0.6 is 11.6 Å². The van der Waals surface area contributed by atoms with E-state index < -0.39 is 10.0 Å². The summed E-state index contributed by atoms with van der Waals surface area (Å²) in [4.78, 5) is 3.95. The Hall–Kier alpha value is -1.64. The molecule has 114 valence electrons. The van der Waals surface area contributed by atoms with Gasteiger partial charge in [0.15, 0.2) is 0 Å². The molecule has 0 amide bonds. The Bertz CT molecular complexity index is 758. The SMILES string of the molecule is COc1cncc(CNS(=O)(=O)c2c(C)nn(C)c2Cl)c1. The summed E-state index contributed by atoms with van der Waals surface area (Å²) in [6.45, 7) is 1.67. The third-order valence-electron chi connectivity index (χ3n) is 2.84. The summed E-state index contributed by atoms with van der Waals surface area (Å²) >= 11 is 5.98. The molecule has 0 spiro atoms. The molecule has 0 aliphatic heterocycles. The van der Waals surface area contributed by atoms with Gasteiger partial charge < -0.3 is 4.74 Å². The Morgan fingerprint density at radius 3 is 2.71 bits per heavy atom. The highest BCUT2D eigenvalue weighted by Crippen LogP contribution is 2.24. The van der Waals surface area contributed by atoms with Crippen molar-refractivity contribution in [2.45, 2.75) is 18.4 Å². The van der Waals surface area contributed by atoms with Gasteiger partial charge in [-0.15, -0.1) is 0 Å². The van der Waals surface area contributed by atoms with Crippen LogP contribution in [0.1, 0.15) is 11.3 Å². The largest absolute Gasteiger partial charge is 0.495 e. The number of aromatic nitrogens is 3. The smallest absolute Gasteiger partial charge is 0.245 e. The lowest BCUT2D eigenvalue weighted by atomic mass is 10.3. The molecule has 2 heterocycles. The van der Waals surface area contributed by atoms with Crippen molar-refractivity contribution in [3.63, 3.8) is 0 Å². The van der Waals surface area contributed by atoms with E-state index in [1.807, 2.05) is 0 Å². The standard InChI is InChI=1S/C12H15ClN4O3S/c1-8-11(12(13)17(2)16-8)21(18,19)15-6-9-4-10(20-3)7-14-5-9/h4-5,7,15H,6H2,1-3H3. The topological polar surface area (TPSA) is 86.1 Å². The molecule has 0 unspecified atom stereocenters. The minimum absolute atomic E-state index is 0.0116. The zero-order valence-electron chi connectivity index (χ0n) is 11.8. The predicted octanol–water partition coefficient (Wildman–Crippen LogP) is 1.26. The Morgan fingerprint density at radius 2 is 2.14 bits per heavy atom. The Labute approximate surface area is 128 Å². The van der Waals surface area contributed by atoms with E-state index in [1.165, 1.54) is 11.8 Å². The fourth-order valence-corrected chi connectivity index (χ4v) is 3.60. The Kier molecular flexibility index (Phi) is 4.50. The molecule has 0 bridgehead atoms. The zero-order valence-corrected chi connectivity index (χ0v) is 13.4. The summed E-state index contributed by atoms with van der Waals surface area (Å²) in [6, 6.07) is 1.70. The molecule has 2 aromatic rings. The first-order valence-electron chi connectivity index (χ1n) is 6.02. The quantitative estimate of drug-likeness (QED) is 0.892. The molecule has 0 aliphatic rings. The van der Waals surface area contributed by atoms with Gasteiger partial charge in [0.1, 0.15) is 15.8 Å². The van der Waals surface area contributed by atoms with Crippen LogP contribution < -0.4 is 9.46 Å². The molecular formula is C12H15ClN4O3S. The lowest BCUT2D eigenvalue weighted by Crippen LogP contribution is -2.24. The van der Waals surface area contributed by atoms with E-state index in [-0.39, 0.29) is 16.6 Å². The van der Waals surface area contributed by atoms with Crippen molar-refractivity contribution >= 4 is 21.6 Å². The fraction of sp³-hybridized carbons (Fsp3) is 0.333. The molecule has 0 fully saturated rings. The van der Waals surface area contributed by atoms with Gasteiger partial charge >= 0.3 is 0 Å². The van der Waals surface area contributed by atoms with E-state index >= 15 is 0 Å². The minimum Gasteiger partial charge on any atom is -0.495 e. The van der Waals surface area contributed by atoms with Crippen molar-refractivity contribution in [1.82, 2.24) is 19.5 Å². The second-order valence-corrected chi connectivity index (χ2v) is 6.45. The fourth-order valence-electron chi connectivity index (χ4n) is 1.84. The molecule has 0 atom stereocenters. The van der Waals surface area contributed by atoms with Gasteiger partial charge in [0.05, 0.1) is 19.0 Å². The third-order valence-corrected chi connectivity index (χ3v) is 4.94. The van der Waals surface area contributed by atoms with Crippen LogP contribution in [0.3, 0.4) is 0 Å². The third kappa shape index (κ3) is 3.34. The summed E-state index contributed by atoms with van der Waals surface area (Å²) < 4.78 is 33.5. The van der Waals surface area contributed by atoms with Crippen molar-refractivity contribution in [3.8, 4) is 5.75 Å². The molecule has 21 heavy (non-hydrogen) atoms. The van der Waals surface area contributed by atoms with Crippen LogP contribution in [0, 0.1) is 6.92 Å². The number of halogens is 1. The van der Waals surface area contributed by atoms with Crippen molar-refractivity contribution < 1.29 is 13.2 Å². The molecule has 0 aliphatic carbocycles. The maximum absolute atomic E-state index is 12.3. The van der Waals surface area contributed by atoms with Gasteiger partial charge in [0.25, 0.3) is 0 Å². The molecule has 2 rings (SSSR count). The van der Waals surface area contributed by atoms with Crippen LogP contribution in [0.2, 0.25) is 5.15 Å². The second kappa shape index (κ2) is 6.00. The average Bonchev–Trinajstić information content (AvgIpc) is 2.71. The molecule has 9 heteroatoms. The first kappa shape index (κ1) is 15.7. The summed E-state index contributed by atoms with van der Waals surface area (Å²) in [5.41, 5.74) is 1.02. The van der Waals surface area contributed by atoms with Crippen LogP contribution in [0.5, 0.6) is 5.75 Å². The normalized spacial score (nSPS) is 11.6. The highest BCUT2D eigenvalue weighted by molar-refractivity contribution is 7.89. The van der Waals surface area contributed by atoms with Gasteiger partial charge in [-0.25, -0.2) is 13.1 Å². The number of hydrogen-bond acceptors (Lipinski definition) is 5. The zero-order chi connectivity index (χ0) is 15.6. The van der Waals surface area contributed by atoms with E-state index in [0.717, 1.165) is 0 Å². The number of sulfonamides is 1. The van der Waals surface area contributed by atoms with Crippen LogP contribution in [0.25, 0.3) is 0 Å². The highest BCUT2D eigenvalue weighted by atomic mass is 35.5. The maximum Gasteiger partial charge on any atom is 0.245 e. The lowest BCUT2D eigenvalue weighted by molar-refractivity contribution is 0.412. The Balaban J connectivity index is 2.22. The van der Waals surface area contributed by atoms with Gasteiger partial charge in [0, 0.05) is 19.8 Å². The van der Waals surface area contributed by atoms with Gasteiger partial charge in [-0.1, -0.05) is 11.6 Å². The lowest BCUT2D eigenvalue weighted by Gasteiger charge is -2.07. The number of aryl methyl sites for hydroxylation is 2.